The van der Waals surface area contributed by atoms with Crippen molar-refractivity contribution in [2.45, 2.75) is 68.9 Å². The fourth-order valence-electron chi connectivity index (χ4n) is 5.13. The van der Waals surface area contributed by atoms with Crippen LogP contribution in [0.3, 0.4) is 0 Å². The van der Waals surface area contributed by atoms with Crippen molar-refractivity contribution < 1.29 is 38.4 Å². The topological polar surface area (TPSA) is 108 Å². The molecule has 31 heavy (non-hydrogen) atoms. The van der Waals surface area contributed by atoms with E-state index in [1.807, 2.05) is 0 Å². The van der Waals surface area contributed by atoms with Crippen molar-refractivity contribution in [2.24, 2.45) is 5.92 Å². The second kappa shape index (κ2) is 7.28. The summed E-state index contributed by atoms with van der Waals surface area (Å²) in [5, 5.41) is 10.8. The summed E-state index contributed by atoms with van der Waals surface area (Å²) < 4.78 is 22.4. The summed E-state index contributed by atoms with van der Waals surface area (Å²) in [4.78, 5) is 39.2. The summed E-state index contributed by atoms with van der Waals surface area (Å²) in [6, 6.07) is 8.52. The summed E-state index contributed by atoms with van der Waals surface area (Å²) in [6.45, 7) is 0. The molecule has 8 nitrogen and oxygen atoms in total. The molecule has 1 N–H and O–H groups in total. The minimum atomic E-state index is -1.46. The fraction of sp³-hybridized carbons (Fsp3) is 0.522. The van der Waals surface area contributed by atoms with Gasteiger partial charge in [0, 0.05) is 31.6 Å². The van der Waals surface area contributed by atoms with Crippen LogP contribution in [0.5, 0.6) is 0 Å². The van der Waals surface area contributed by atoms with Crippen molar-refractivity contribution >= 4 is 17.9 Å². The maximum absolute atomic E-state index is 13.1. The van der Waals surface area contributed by atoms with E-state index in [2.05, 4.69) is 0 Å². The lowest BCUT2D eigenvalue weighted by atomic mass is 9.79. The molecular weight excluding hydrogens is 404 g/mol. The molecule has 2 heterocycles. The van der Waals surface area contributed by atoms with Crippen molar-refractivity contribution in [2.75, 3.05) is 0 Å². The van der Waals surface area contributed by atoms with Gasteiger partial charge in [0.05, 0.1) is 0 Å². The van der Waals surface area contributed by atoms with Crippen LogP contribution in [0.2, 0.25) is 0 Å². The van der Waals surface area contributed by atoms with Gasteiger partial charge in [-0.2, -0.15) is 0 Å². The van der Waals surface area contributed by atoms with Gasteiger partial charge >= 0.3 is 17.9 Å². The summed E-state index contributed by atoms with van der Waals surface area (Å²) >= 11 is 0. The first kappa shape index (κ1) is 19.9. The van der Waals surface area contributed by atoms with Crippen LogP contribution in [-0.4, -0.2) is 34.6 Å². The normalized spacial score (nSPS) is 25.9. The van der Waals surface area contributed by atoms with Crippen molar-refractivity contribution in [3.8, 4) is 0 Å². The summed E-state index contributed by atoms with van der Waals surface area (Å²) in [7, 11) is 0. The van der Waals surface area contributed by atoms with E-state index in [1.165, 1.54) is 0 Å². The molecule has 1 aromatic carbocycles. The Balaban J connectivity index is 1.55. The van der Waals surface area contributed by atoms with Crippen molar-refractivity contribution in [1.29, 1.82) is 0 Å². The van der Waals surface area contributed by atoms with E-state index in [1.54, 1.807) is 30.3 Å². The van der Waals surface area contributed by atoms with Crippen LogP contribution in [0.15, 0.2) is 41.9 Å². The van der Waals surface area contributed by atoms with Crippen molar-refractivity contribution in [3.05, 3.63) is 47.4 Å². The van der Waals surface area contributed by atoms with Crippen LogP contribution in [0, 0.1) is 5.92 Å². The number of carbonyl (C=O) groups is 3. The quantitative estimate of drug-likeness (QED) is 0.577. The molecule has 0 unspecified atom stereocenters. The standard InChI is InChI=1S/C23H24O8/c24-18-16(19(25)29-22(28-18)10-4-5-11-22)15(14-8-2-1-3-9-14)17-20(26)30-23(31-21(17)27)12-6-7-13-23/h1-3,8-9,15-16,26H,4-7,10-13H2/t15-/m0/s1. The highest BCUT2D eigenvalue weighted by molar-refractivity contribution is 6.01. The molecule has 2 aliphatic heterocycles. The highest BCUT2D eigenvalue weighted by Crippen LogP contribution is 2.47. The second-order valence-corrected chi connectivity index (χ2v) is 8.65. The Labute approximate surface area is 179 Å². The highest BCUT2D eigenvalue weighted by atomic mass is 16.8. The number of aliphatic hydroxyl groups excluding tert-OH is 1. The van der Waals surface area contributed by atoms with Gasteiger partial charge in [0.1, 0.15) is 5.57 Å². The van der Waals surface area contributed by atoms with Gasteiger partial charge in [0.15, 0.2) is 5.92 Å². The Morgan fingerprint density at radius 2 is 1.29 bits per heavy atom. The molecular formula is C23H24O8. The molecule has 1 atom stereocenters. The molecule has 0 amide bonds. The average molecular weight is 428 g/mol. The third-order valence-electron chi connectivity index (χ3n) is 6.63. The molecule has 0 bridgehead atoms. The Bertz CT molecular complexity index is 918. The molecule has 0 aromatic heterocycles. The lowest BCUT2D eigenvalue weighted by molar-refractivity contribution is -0.251. The lowest BCUT2D eigenvalue weighted by Crippen LogP contribution is -2.51. The highest BCUT2D eigenvalue weighted by Gasteiger charge is 2.57. The van der Waals surface area contributed by atoms with E-state index in [0.717, 1.165) is 25.7 Å². The second-order valence-electron chi connectivity index (χ2n) is 8.65. The number of esters is 3. The molecule has 5 rings (SSSR count). The molecule has 4 aliphatic rings. The largest absolute Gasteiger partial charge is 0.480 e. The van der Waals surface area contributed by atoms with Gasteiger partial charge in [0.2, 0.25) is 0 Å². The minimum absolute atomic E-state index is 0.273. The van der Waals surface area contributed by atoms with Crippen LogP contribution in [-0.2, 0) is 33.3 Å². The van der Waals surface area contributed by atoms with Gasteiger partial charge in [-0.25, -0.2) is 4.79 Å². The Morgan fingerprint density at radius 1 is 0.774 bits per heavy atom. The number of rotatable bonds is 3. The molecule has 2 spiro atoms. The summed E-state index contributed by atoms with van der Waals surface area (Å²) in [6.07, 6.45) is 5.06. The predicted octanol–water partition coefficient (Wildman–Crippen LogP) is 3.37. The average Bonchev–Trinajstić information content (AvgIpc) is 3.36. The van der Waals surface area contributed by atoms with Crippen molar-refractivity contribution in [1.82, 2.24) is 0 Å². The van der Waals surface area contributed by atoms with Gasteiger partial charge in [-0.15, -0.1) is 0 Å². The van der Waals surface area contributed by atoms with Gasteiger partial charge in [-0.1, -0.05) is 30.3 Å². The van der Waals surface area contributed by atoms with Crippen LogP contribution >= 0.6 is 0 Å². The molecule has 164 valence electrons. The van der Waals surface area contributed by atoms with Gasteiger partial charge in [-0.05, 0) is 31.2 Å². The zero-order chi connectivity index (χ0) is 21.6. The molecule has 8 heteroatoms. The zero-order valence-corrected chi connectivity index (χ0v) is 17.0. The van der Waals surface area contributed by atoms with Crippen LogP contribution < -0.4 is 0 Å². The number of benzene rings is 1. The molecule has 2 saturated carbocycles. The Morgan fingerprint density at radius 3 is 1.81 bits per heavy atom. The number of carbonyl (C=O) groups excluding carboxylic acids is 3. The summed E-state index contributed by atoms with van der Waals surface area (Å²) in [5.74, 6) is -8.00. The zero-order valence-electron chi connectivity index (χ0n) is 17.0. The minimum Gasteiger partial charge on any atom is -0.480 e. The van der Waals surface area contributed by atoms with E-state index in [-0.39, 0.29) is 5.57 Å². The van der Waals surface area contributed by atoms with E-state index < -0.39 is 47.3 Å². The molecule has 1 saturated heterocycles. The van der Waals surface area contributed by atoms with Gasteiger partial charge in [-0.3, -0.25) is 9.59 Å². The number of aliphatic hydroxyl groups is 1. The SMILES string of the molecule is O=C1OC2(CCCC2)OC(O)=C1[C@@H](c1ccccc1)C1C(=O)OC2(CCCC2)OC1=O. The number of hydrogen-bond acceptors (Lipinski definition) is 8. The predicted molar refractivity (Wildman–Crippen MR) is 104 cm³/mol. The maximum atomic E-state index is 13.1. The molecule has 1 aromatic rings. The van der Waals surface area contributed by atoms with Gasteiger partial charge < -0.3 is 24.1 Å². The first-order chi connectivity index (χ1) is 14.9. The van der Waals surface area contributed by atoms with Crippen molar-refractivity contribution in [3.63, 3.8) is 0 Å². The van der Waals surface area contributed by atoms with Gasteiger partial charge in [0.25, 0.3) is 17.5 Å². The van der Waals surface area contributed by atoms with E-state index >= 15 is 0 Å². The van der Waals surface area contributed by atoms with Crippen LogP contribution in [0.4, 0.5) is 0 Å². The van der Waals surface area contributed by atoms with E-state index in [9.17, 15) is 19.5 Å². The fourth-order valence-corrected chi connectivity index (χ4v) is 5.13. The molecule has 2 aliphatic carbocycles. The Kier molecular flexibility index (Phi) is 4.68. The van der Waals surface area contributed by atoms with E-state index in [4.69, 9.17) is 18.9 Å². The molecule has 0 radical (unpaired) electrons. The summed E-state index contributed by atoms with van der Waals surface area (Å²) in [5.41, 5.74) is 0.193. The monoisotopic (exact) mass is 428 g/mol. The van der Waals surface area contributed by atoms with Crippen LogP contribution in [0.1, 0.15) is 62.8 Å². The first-order valence-corrected chi connectivity index (χ1v) is 10.8. The van der Waals surface area contributed by atoms with Crippen LogP contribution in [0.25, 0.3) is 0 Å². The maximum Gasteiger partial charge on any atom is 0.345 e. The number of hydrogen-bond donors (Lipinski definition) is 1. The third-order valence-corrected chi connectivity index (χ3v) is 6.63. The Hall–Kier alpha value is -3.03. The first-order valence-electron chi connectivity index (χ1n) is 10.8. The lowest BCUT2D eigenvalue weighted by Gasteiger charge is -2.40. The smallest absolute Gasteiger partial charge is 0.345 e. The van der Waals surface area contributed by atoms with E-state index in [0.29, 0.717) is 31.2 Å². The third kappa shape index (κ3) is 3.34. The number of ether oxygens (including phenoxy) is 4. The molecule has 3 fully saturated rings.